The van der Waals surface area contributed by atoms with E-state index in [1.165, 1.54) is 101 Å². The Morgan fingerprint density at radius 2 is 0.835 bits per heavy atom. The van der Waals surface area contributed by atoms with Crippen molar-refractivity contribution in [3.63, 3.8) is 0 Å². The molecule has 8 aromatic carbocycles. The normalized spacial score (nSPS) is 16.8. The number of fused-ring (bicyclic) bond motifs is 9. The molecule has 19 rings (SSSR count). The number of anilines is 4. The van der Waals surface area contributed by atoms with Crippen molar-refractivity contribution >= 4 is 139 Å². The van der Waals surface area contributed by atoms with E-state index in [-0.39, 0.29) is 55.5 Å². The first-order chi connectivity index (χ1) is 60.0. The van der Waals surface area contributed by atoms with E-state index in [0.29, 0.717) is 0 Å². The van der Waals surface area contributed by atoms with Crippen molar-refractivity contribution in [1.29, 1.82) is 0 Å². The van der Waals surface area contributed by atoms with Gasteiger partial charge in [0.2, 0.25) is 0 Å². The largest absolute Gasteiger partial charge is 0.465 e. The van der Waals surface area contributed by atoms with E-state index >= 15 is 0 Å². The molecule has 0 spiro atoms. The summed E-state index contributed by atoms with van der Waals surface area (Å²) in [5.74, 6) is 3.80. The second kappa shape index (κ2) is 34.5. The van der Waals surface area contributed by atoms with Crippen LogP contribution in [0.1, 0.15) is 186 Å². The maximum Gasteiger partial charge on any atom is 0.447 e. The molecule has 0 bridgehead atoms. The summed E-state index contributed by atoms with van der Waals surface area (Å²) in [6, 6.07) is 81.1. The zero-order chi connectivity index (χ0) is 89.4. The van der Waals surface area contributed by atoms with Crippen molar-refractivity contribution < 1.29 is 29.5 Å². The lowest BCUT2D eigenvalue weighted by molar-refractivity contribution is -0.658. The fourth-order valence-corrected chi connectivity index (χ4v) is 19.6. The number of furan rings is 1. The number of hydrogen-bond acceptors (Lipinski definition) is 5. The Morgan fingerprint density at radius 3 is 1.33 bits per heavy atom. The lowest BCUT2D eigenvalue weighted by atomic mass is 9.52. The molecule has 0 amide bonds. The molecule has 121 heavy (non-hydrogen) atoms. The van der Waals surface area contributed by atoms with Crippen molar-refractivity contribution in [2.75, 3.05) is 19.2 Å². The number of allylic oxidation sites excluding steroid dienone is 3. The molecule has 2 saturated carbocycles. The molecule has 5 aromatic heterocycles. The van der Waals surface area contributed by atoms with Gasteiger partial charge in [0.1, 0.15) is 27.8 Å². The van der Waals surface area contributed by atoms with Crippen LogP contribution in [0.15, 0.2) is 266 Å². The number of benzene rings is 8. The van der Waals surface area contributed by atoms with Crippen LogP contribution in [-0.4, -0.2) is 27.4 Å². The molecule has 0 unspecified atom stereocenters. The molecule has 9 nitrogen and oxygen atoms in total. The topological polar surface area (TPSA) is 41.6 Å². The zero-order valence-corrected chi connectivity index (χ0v) is 75.2. The van der Waals surface area contributed by atoms with E-state index in [4.69, 9.17) is 7.16 Å². The minimum absolute atomic E-state index is 0.0105. The van der Waals surface area contributed by atoms with Crippen LogP contribution in [0.3, 0.4) is 0 Å². The maximum absolute atomic E-state index is 9.35. The van der Waals surface area contributed by atoms with Gasteiger partial charge in [-0.2, -0.15) is 0 Å². The van der Waals surface area contributed by atoms with Gasteiger partial charge in [0, 0.05) is 74.9 Å². The molecule has 9 heterocycles. The van der Waals surface area contributed by atoms with Gasteiger partial charge in [-0.3, -0.25) is 19.2 Å². The molecule has 6 aliphatic rings. The molecular weight excluding hydrogens is 1470 g/mol. The number of rotatable bonds is 10. The van der Waals surface area contributed by atoms with E-state index in [1.54, 1.807) is 0 Å². The van der Waals surface area contributed by atoms with Crippen LogP contribution in [0.2, 0.25) is 27.3 Å². The first-order valence-corrected chi connectivity index (χ1v) is 44.6. The first kappa shape index (κ1) is 77.4. The quantitative estimate of drug-likeness (QED) is 0.101. The minimum atomic E-state index is -1.43. The van der Waals surface area contributed by atoms with Gasteiger partial charge in [-0.25, -0.2) is 18.3 Å². The Kier molecular flexibility index (Phi) is 22.1. The van der Waals surface area contributed by atoms with Gasteiger partial charge in [0.25, 0.3) is 23.3 Å². The van der Waals surface area contributed by atoms with Gasteiger partial charge < -0.3 is 4.42 Å². The molecule has 612 valence electrons. The fraction of sp³-hybridized carbons (Fsp3) is 0.333. The third-order valence-electron chi connectivity index (χ3n) is 26.2. The third-order valence-corrected chi connectivity index (χ3v) is 26.2. The minimum Gasteiger partial charge on any atom is -0.465 e. The van der Waals surface area contributed by atoms with E-state index in [1.807, 2.05) is 56.3 Å². The predicted octanol–water partition coefficient (Wildman–Crippen LogP) is 22.4. The van der Waals surface area contributed by atoms with Crippen LogP contribution in [0.25, 0.3) is 77.6 Å². The summed E-state index contributed by atoms with van der Waals surface area (Å²) in [4.78, 5) is 9.42. The third kappa shape index (κ3) is 16.8. The second-order valence-electron chi connectivity index (χ2n) is 38.0. The summed E-state index contributed by atoms with van der Waals surface area (Å²) in [6.45, 7) is 34.0. The Morgan fingerprint density at radius 1 is 0.421 bits per heavy atom. The van der Waals surface area contributed by atoms with Crippen molar-refractivity contribution in [1.82, 2.24) is 0 Å². The highest BCUT2D eigenvalue weighted by atomic mass is 16.3. The second-order valence-corrected chi connectivity index (χ2v) is 38.0. The molecule has 0 atom stereocenters. The number of aromatic nitrogens is 4. The summed E-state index contributed by atoms with van der Waals surface area (Å²) < 4.78 is 61.0. The molecule has 0 radical (unpaired) electrons. The molecular formula is C108H126B4N8O+4. The Balaban J connectivity index is 0.000000124. The first-order valence-electron chi connectivity index (χ1n) is 47.1. The molecule has 2 fully saturated rings. The number of nitrogens with zero attached hydrogens (tertiary/aromatic N) is 8. The molecule has 0 saturated heterocycles. The van der Waals surface area contributed by atoms with Gasteiger partial charge in [0.05, 0.1) is 59.2 Å². The van der Waals surface area contributed by atoms with Crippen LogP contribution in [0, 0.1) is 28.1 Å². The van der Waals surface area contributed by atoms with E-state index in [9.17, 15) is 4.11 Å². The number of aryl methyl sites for hydroxylation is 4. The Labute approximate surface area is 731 Å². The molecule has 13 heteroatoms. The Hall–Kier alpha value is -10.9. The lowest BCUT2D eigenvalue weighted by Gasteiger charge is -2.33. The molecule has 0 N–H and O–H groups in total. The van der Waals surface area contributed by atoms with E-state index in [0.717, 1.165) is 113 Å². The zero-order valence-electron chi connectivity index (χ0n) is 80.2. The molecule has 4 aliphatic heterocycles. The molecule has 13 aromatic rings. The average Bonchev–Trinajstić information content (AvgIpc) is 0.744. The van der Waals surface area contributed by atoms with Crippen LogP contribution in [-0.2, 0) is 40.9 Å². The van der Waals surface area contributed by atoms with Gasteiger partial charge in [-0.05, 0) is 184 Å². The molecule has 2 aliphatic carbocycles. The van der Waals surface area contributed by atoms with E-state index in [2.05, 4.69) is 380 Å². The highest BCUT2D eigenvalue weighted by Crippen LogP contribution is 2.44. The van der Waals surface area contributed by atoms with Gasteiger partial charge in [-0.15, -0.1) is 0 Å². The summed E-state index contributed by atoms with van der Waals surface area (Å²) in [5, 5.41) is 4.40. The lowest BCUT2D eigenvalue weighted by Crippen LogP contribution is -2.52. The maximum atomic E-state index is 9.35. The number of para-hydroxylation sites is 4. The highest BCUT2D eigenvalue weighted by molar-refractivity contribution is 6.79. The van der Waals surface area contributed by atoms with Crippen molar-refractivity contribution in [3.8, 4) is 11.1 Å². The number of hydrogen-bond donors (Lipinski definition) is 0. The monoisotopic (exact) mass is 1600 g/mol. The van der Waals surface area contributed by atoms with E-state index < -0.39 is 18.6 Å². The summed E-state index contributed by atoms with van der Waals surface area (Å²) >= 11 is 0. The van der Waals surface area contributed by atoms with Gasteiger partial charge in [-0.1, -0.05) is 297 Å². The highest BCUT2D eigenvalue weighted by Gasteiger charge is 2.44. The SMILES string of the molecule is CB1c2oc3ccccc3c2C=CN1c1cc(-c2ccccc2)cc[n+]1C.[2H]C([2H])(c1cc(N2C=C(C(C)(C)C)c3ccccc3B2C)[n+](C)c2ccccc12)C(C)C.[2H]C([2H])(c1cc(N2C=C(C(C)(C)C)c3ccccc3B2C)[n+](C)c2ccccc12)C1CCCCC1.[2H]C1(c2cc(N3C=C(C(C)(C)C)c4ccccc4B3C)[n+](C)c3ccccc23)CCCC1. The van der Waals surface area contributed by atoms with Crippen LogP contribution in [0.5, 0.6) is 0 Å². The standard InChI is InChI=1S/C30H38BN2.C28H34BN2.C27H34BN2.C23H20BN2O/c1-30(2,3)26-21-33(31(4)27-17-11-9-16-25(26)27)29-20-23(19-22-13-7-6-8-14-22)24-15-10-12-18-28(24)32(29)5;1-28(2,3)24-19-31(29(4)25-16-10-8-15-22(24)25)27-18-23(20-12-6-7-13-20)21-14-9-11-17-26(21)30(27)5;1-19(2)16-20-17-26(29(7)25-15-11-9-12-21(20)25)30-18-23(27(3,4)5)22-13-8-10-14-24(22)28(30)6;1-24-23-20(19-10-6-7-11-21(19)27-23)13-15-26(24)22-16-18(12-14-25(22)2)17-8-4-3-5-9-17/h9-12,15-18,20-22H,6-8,13-14,19H2,1-5H3;8-11,14-20H,6-7,12-13H2,1-5H3;8-15,17-19H,16H2,1-7H3;3-16H,1-2H3/q4*+1/i19D2;20D;16D2;. The van der Waals surface area contributed by atoms with Crippen molar-refractivity contribution in [2.45, 2.75) is 180 Å². The Bertz CT molecular complexity index is 6250. The fourth-order valence-electron chi connectivity index (χ4n) is 19.6. The van der Waals surface area contributed by atoms with Crippen LogP contribution in [0.4, 0.5) is 23.3 Å². The summed E-state index contributed by atoms with van der Waals surface area (Å²) in [7, 11) is 8.46. The average molecular weight is 1600 g/mol. The summed E-state index contributed by atoms with van der Waals surface area (Å²) in [5.41, 5.74) is 23.7. The predicted molar refractivity (Wildman–Crippen MR) is 520 cm³/mol. The smallest absolute Gasteiger partial charge is 0.447 e. The van der Waals surface area contributed by atoms with Crippen molar-refractivity contribution in [2.24, 2.45) is 56.3 Å². The van der Waals surface area contributed by atoms with Crippen LogP contribution >= 0.6 is 0 Å². The van der Waals surface area contributed by atoms with Gasteiger partial charge >= 0.3 is 27.4 Å². The number of pyridine rings is 4. The van der Waals surface area contributed by atoms with Crippen molar-refractivity contribution in [3.05, 3.63) is 300 Å². The van der Waals surface area contributed by atoms with Gasteiger partial charge in [0.15, 0.2) is 0 Å². The summed E-state index contributed by atoms with van der Waals surface area (Å²) in [6.07, 6.45) is 20.2. The van der Waals surface area contributed by atoms with Crippen LogP contribution < -0.4 is 59.6 Å².